The summed E-state index contributed by atoms with van der Waals surface area (Å²) in [5, 5.41) is 9.74. The van der Waals surface area contributed by atoms with E-state index >= 15 is 0 Å². The van der Waals surface area contributed by atoms with Crippen LogP contribution >= 0.6 is 11.6 Å². The first-order valence-electron chi connectivity index (χ1n) is 5.96. The third-order valence-electron chi connectivity index (χ3n) is 2.96. The first-order valence-corrected chi connectivity index (χ1v) is 6.34. The molecule has 1 atom stereocenters. The summed E-state index contributed by atoms with van der Waals surface area (Å²) in [5.41, 5.74) is 0.640. The Labute approximate surface area is 120 Å². The minimum absolute atomic E-state index is 0.116. The molecule has 0 bridgehead atoms. The van der Waals surface area contributed by atoms with E-state index in [2.05, 4.69) is 0 Å². The summed E-state index contributed by atoms with van der Waals surface area (Å²) in [7, 11) is 1.53. The Balaban J connectivity index is 2.23. The van der Waals surface area contributed by atoms with Crippen molar-refractivity contribution >= 4 is 11.6 Å². The lowest BCUT2D eigenvalue weighted by molar-refractivity contribution is 0.173. The summed E-state index contributed by atoms with van der Waals surface area (Å²) < 4.78 is 32.1. The van der Waals surface area contributed by atoms with Crippen molar-refractivity contribution in [1.29, 1.82) is 0 Å². The number of hydrogen-bond acceptors (Lipinski definition) is 2. The SMILES string of the molecule is COc1cccc(CC(O)c2cc(F)c(Cl)cc2F)c1. The third-order valence-corrected chi connectivity index (χ3v) is 3.25. The van der Waals surface area contributed by atoms with Gasteiger partial charge in [-0.2, -0.15) is 0 Å². The van der Waals surface area contributed by atoms with Crippen LogP contribution < -0.4 is 4.74 Å². The first-order chi connectivity index (χ1) is 9.51. The van der Waals surface area contributed by atoms with Gasteiger partial charge < -0.3 is 9.84 Å². The van der Waals surface area contributed by atoms with Crippen molar-refractivity contribution in [1.82, 2.24) is 0 Å². The van der Waals surface area contributed by atoms with Gasteiger partial charge in [0.25, 0.3) is 0 Å². The van der Waals surface area contributed by atoms with Crippen molar-refractivity contribution in [3.63, 3.8) is 0 Å². The second-order valence-corrected chi connectivity index (χ2v) is 4.77. The smallest absolute Gasteiger partial charge is 0.142 e. The van der Waals surface area contributed by atoms with Gasteiger partial charge in [0.05, 0.1) is 18.2 Å². The van der Waals surface area contributed by atoms with Gasteiger partial charge in [0.15, 0.2) is 0 Å². The summed E-state index contributed by atoms with van der Waals surface area (Å²) >= 11 is 5.48. The van der Waals surface area contributed by atoms with Gasteiger partial charge in [-0.05, 0) is 29.8 Å². The number of methoxy groups -OCH3 is 1. The molecular formula is C15H13ClF2O2. The molecule has 2 rings (SSSR count). The Morgan fingerprint density at radius 1 is 1.20 bits per heavy atom. The van der Waals surface area contributed by atoms with Crippen molar-refractivity contribution in [3.8, 4) is 5.75 Å². The molecule has 106 valence electrons. The summed E-state index contributed by atoms with van der Waals surface area (Å²) in [6.45, 7) is 0. The van der Waals surface area contributed by atoms with Crippen molar-refractivity contribution in [2.45, 2.75) is 12.5 Å². The van der Waals surface area contributed by atoms with E-state index in [4.69, 9.17) is 16.3 Å². The zero-order valence-corrected chi connectivity index (χ0v) is 11.5. The minimum Gasteiger partial charge on any atom is -0.497 e. The van der Waals surface area contributed by atoms with E-state index in [0.717, 1.165) is 17.7 Å². The lowest BCUT2D eigenvalue weighted by Gasteiger charge is -2.13. The van der Waals surface area contributed by atoms with Gasteiger partial charge in [-0.3, -0.25) is 0 Å². The Morgan fingerprint density at radius 2 is 1.95 bits per heavy atom. The maximum absolute atomic E-state index is 13.7. The molecular weight excluding hydrogens is 286 g/mol. The highest BCUT2D eigenvalue weighted by Crippen LogP contribution is 2.27. The molecule has 0 aliphatic heterocycles. The quantitative estimate of drug-likeness (QED) is 0.867. The van der Waals surface area contributed by atoms with Gasteiger partial charge in [-0.15, -0.1) is 0 Å². The van der Waals surface area contributed by atoms with Crippen LogP contribution in [-0.4, -0.2) is 12.2 Å². The van der Waals surface area contributed by atoms with Gasteiger partial charge in [0, 0.05) is 12.0 Å². The molecule has 1 unspecified atom stereocenters. The van der Waals surface area contributed by atoms with E-state index in [-0.39, 0.29) is 17.0 Å². The highest BCUT2D eigenvalue weighted by atomic mass is 35.5. The van der Waals surface area contributed by atoms with Crippen molar-refractivity contribution in [2.75, 3.05) is 7.11 Å². The summed E-state index contributed by atoms with van der Waals surface area (Å²) in [6, 6.07) is 8.81. The Hall–Kier alpha value is -1.65. The zero-order chi connectivity index (χ0) is 14.7. The van der Waals surface area contributed by atoms with Gasteiger partial charge >= 0.3 is 0 Å². The summed E-state index contributed by atoms with van der Waals surface area (Å²) in [6.07, 6.45) is -1.01. The topological polar surface area (TPSA) is 29.5 Å². The number of halogens is 3. The molecule has 0 spiro atoms. The fourth-order valence-electron chi connectivity index (χ4n) is 1.93. The normalized spacial score (nSPS) is 12.2. The van der Waals surface area contributed by atoms with Crippen LogP contribution in [0, 0.1) is 11.6 Å². The fourth-order valence-corrected chi connectivity index (χ4v) is 2.08. The molecule has 2 aromatic carbocycles. The second kappa shape index (κ2) is 6.20. The molecule has 1 N–H and O–H groups in total. The average molecular weight is 299 g/mol. The van der Waals surface area contributed by atoms with E-state index in [0.29, 0.717) is 5.75 Å². The van der Waals surface area contributed by atoms with Crippen LogP contribution in [0.3, 0.4) is 0 Å². The molecule has 0 fully saturated rings. The van der Waals surface area contributed by atoms with E-state index in [1.807, 2.05) is 0 Å². The molecule has 0 aliphatic rings. The molecule has 0 aromatic heterocycles. The van der Waals surface area contributed by atoms with Gasteiger partial charge in [-0.25, -0.2) is 8.78 Å². The van der Waals surface area contributed by atoms with Crippen LogP contribution in [0.2, 0.25) is 5.02 Å². The highest BCUT2D eigenvalue weighted by Gasteiger charge is 2.16. The Bertz CT molecular complexity index is 617. The van der Waals surface area contributed by atoms with Crippen LogP contribution in [0.5, 0.6) is 5.75 Å². The number of rotatable bonds is 4. The number of aliphatic hydroxyl groups excluding tert-OH is 1. The second-order valence-electron chi connectivity index (χ2n) is 4.36. The van der Waals surface area contributed by atoms with Gasteiger partial charge in [0.2, 0.25) is 0 Å². The summed E-state index contributed by atoms with van der Waals surface area (Å²) in [4.78, 5) is 0. The Morgan fingerprint density at radius 3 is 2.65 bits per heavy atom. The number of ether oxygens (including phenoxy) is 1. The zero-order valence-electron chi connectivity index (χ0n) is 10.7. The molecule has 5 heteroatoms. The largest absolute Gasteiger partial charge is 0.497 e. The molecule has 0 aliphatic carbocycles. The van der Waals surface area contributed by atoms with Crippen molar-refractivity contribution in [3.05, 3.63) is 64.2 Å². The van der Waals surface area contributed by atoms with E-state index in [1.165, 1.54) is 7.11 Å². The third kappa shape index (κ3) is 3.26. The Kier molecular flexibility index (Phi) is 4.57. The number of hydrogen-bond donors (Lipinski definition) is 1. The highest BCUT2D eigenvalue weighted by molar-refractivity contribution is 6.30. The van der Waals surface area contributed by atoms with Crippen molar-refractivity contribution < 1.29 is 18.6 Å². The predicted molar refractivity (Wildman–Crippen MR) is 73.0 cm³/mol. The van der Waals surface area contributed by atoms with Gasteiger partial charge in [-0.1, -0.05) is 23.7 Å². The van der Waals surface area contributed by atoms with E-state index in [9.17, 15) is 13.9 Å². The van der Waals surface area contributed by atoms with Crippen LogP contribution in [0.15, 0.2) is 36.4 Å². The number of benzene rings is 2. The fraction of sp³-hybridized carbons (Fsp3) is 0.200. The molecule has 0 saturated heterocycles. The van der Waals surface area contributed by atoms with Crippen LogP contribution in [-0.2, 0) is 6.42 Å². The van der Waals surface area contributed by atoms with Crippen LogP contribution in [0.4, 0.5) is 8.78 Å². The minimum atomic E-state index is -1.16. The molecule has 20 heavy (non-hydrogen) atoms. The molecule has 0 radical (unpaired) electrons. The monoisotopic (exact) mass is 298 g/mol. The lowest BCUT2D eigenvalue weighted by Crippen LogP contribution is -2.05. The maximum Gasteiger partial charge on any atom is 0.142 e. The standard InChI is InChI=1S/C15H13ClF2O2/c1-20-10-4-2-3-9(5-10)6-15(19)11-7-14(18)12(16)8-13(11)17/h2-5,7-8,15,19H,6H2,1H3. The molecule has 2 aromatic rings. The lowest BCUT2D eigenvalue weighted by atomic mass is 10.0. The van der Waals surface area contributed by atoms with Gasteiger partial charge in [0.1, 0.15) is 17.4 Å². The van der Waals surface area contributed by atoms with E-state index < -0.39 is 17.7 Å². The maximum atomic E-state index is 13.7. The number of aliphatic hydroxyl groups is 1. The first kappa shape index (κ1) is 14.8. The van der Waals surface area contributed by atoms with Crippen LogP contribution in [0.25, 0.3) is 0 Å². The van der Waals surface area contributed by atoms with Crippen LogP contribution in [0.1, 0.15) is 17.2 Å². The molecule has 0 heterocycles. The molecule has 0 saturated carbocycles. The average Bonchev–Trinajstić information content (AvgIpc) is 2.43. The molecule has 0 amide bonds. The van der Waals surface area contributed by atoms with Crippen molar-refractivity contribution in [2.24, 2.45) is 0 Å². The summed E-state index contributed by atoms with van der Waals surface area (Å²) in [5.74, 6) is -0.850. The predicted octanol–water partition coefficient (Wildman–Crippen LogP) is 3.90. The van der Waals surface area contributed by atoms with E-state index in [1.54, 1.807) is 24.3 Å². The molecule has 2 nitrogen and oxygen atoms in total.